The first-order chi connectivity index (χ1) is 16.8. The lowest BCUT2D eigenvalue weighted by atomic mass is 10.0. The van der Waals surface area contributed by atoms with Crippen LogP contribution < -0.4 is 10.7 Å². The molecule has 35 heavy (non-hydrogen) atoms. The molecule has 2 heterocycles. The molecule has 3 aliphatic rings. The number of aromatic nitrogens is 1. The van der Waals surface area contributed by atoms with Crippen LogP contribution >= 0.6 is 11.6 Å². The standard InChI is InChI=1S/C25H29ClFN3O5/c1-3-29-18-10-14(13-35-2)11-19(18)30-12-16(22(31)23(32)21(30)25(29)34)24(33)28-9-8-15-6-4-5-7-17(26)20(15)27/h5-7,12,14,18-19,32H,3-4,8-11,13H2,1-2H3,(H,28,33)/t14-,18+,19-/m0/s1. The summed E-state index contributed by atoms with van der Waals surface area (Å²) in [4.78, 5) is 40.6. The smallest absolute Gasteiger partial charge is 0.274 e. The fourth-order valence-corrected chi connectivity index (χ4v) is 5.54. The van der Waals surface area contributed by atoms with E-state index in [0.717, 1.165) is 6.42 Å². The van der Waals surface area contributed by atoms with Gasteiger partial charge in [-0.05, 0) is 50.2 Å². The second-order valence-corrected chi connectivity index (χ2v) is 9.44. The number of aromatic hydroxyl groups is 1. The molecule has 0 unspecified atom stereocenters. The molecule has 0 bridgehead atoms. The predicted molar refractivity (Wildman–Crippen MR) is 129 cm³/mol. The topological polar surface area (TPSA) is 101 Å². The maximum atomic E-state index is 14.3. The van der Waals surface area contributed by atoms with Gasteiger partial charge in [-0.2, -0.15) is 0 Å². The average Bonchev–Trinajstić information content (AvgIpc) is 3.18. The van der Waals surface area contributed by atoms with E-state index < -0.39 is 28.8 Å². The van der Waals surface area contributed by atoms with Crippen molar-refractivity contribution in [3.05, 3.63) is 62.3 Å². The molecule has 1 saturated carbocycles. The second kappa shape index (κ2) is 10.4. The molecule has 2 N–H and O–H groups in total. The maximum absolute atomic E-state index is 14.3. The summed E-state index contributed by atoms with van der Waals surface area (Å²) in [5.74, 6) is -2.19. The van der Waals surface area contributed by atoms with Gasteiger partial charge in [0.2, 0.25) is 5.43 Å². The second-order valence-electron chi connectivity index (χ2n) is 9.03. The minimum atomic E-state index is -0.907. The summed E-state index contributed by atoms with van der Waals surface area (Å²) in [6.45, 7) is 2.90. The summed E-state index contributed by atoms with van der Waals surface area (Å²) < 4.78 is 21.2. The van der Waals surface area contributed by atoms with Gasteiger partial charge in [0.1, 0.15) is 11.4 Å². The molecule has 0 saturated heterocycles. The molecule has 2 aliphatic carbocycles. The highest BCUT2D eigenvalue weighted by Crippen LogP contribution is 2.43. The quantitative estimate of drug-likeness (QED) is 0.591. The zero-order valence-electron chi connectivity index (χ0n) is 19.7. The number of nitrogens with zero attached hydrogens (tertiary/aromatic N) is 2. The van der Waals surface area contributed by atoms with Crippen LogP contribution in [0.2, 0.25) is 0 Å². The van der Waals surface area contributed by atoms with E-state index in [9.17, 15) is 23.9 Å². The van der Waals surface area contributed by atoms with Crippen molar-refractivity contribution in [1.82, 2.24) is 14.8 Å². The number of carbonyl (C=O) groups excluding carboxylic acids is 2. The molecule has 2 amide bonds. The summed E-state index contributed by atoms with van der Waals surface area (Å²) in [5, 5.41) is 13.3. The zero-order chi connectivity index (χ0) is 25.3. The van der Waals surface area contributed by atoms with Crippen molar-refractivity contribution in [2.45, 2.75) is 44.7 Å². The summed E-state index contributed by atoms with van der Waals surface area (Å²) in [6, 6.07) is -0.306. The van der Waals surface area contributed by atoms with Gasteiger partial charge in [0.15, 0.2) is 11.4 Å². The number of hydrogen-bond donors (Lipinski definition) is 2. The SMILES string of the molecule is CCN1C(=O)c2c(O)c(=O)c(C(=O)NCCC3=CCC=CC(Cl)=C3F)cn2[C@H]2C[C@@H](COC)C[C@H]21. The van der Waals surface area contributed by atoms with Crippen LogP contribution in [0.3, 0.4) is 0 Å². The molecule has 4 rings (SSSR count). The molecule has 1 fully saturated rings. The zero-order valence-corrected chi connectivity index (χ0v) is 20.5. The summed E-state index contributed by atoms with van der Waals surface area (Å²) in [7, 11) is 1.63. The van der Waals surface area contributed by atoms with Crippen molar-refractivity contribution in [3.63, 3.8) is 0 Å². The van der Waals surface area contributed by atoms with E-state index in [-0.39, 0.29) is 47.3 Å². The number of hydrogen-bond acceptors (Lipinski definition) is 5. The van der Waals surface area contributed by atoms with Gasteiger partial charge in [0, 0.05) is 33.0 Å². The number of likely N-dealkylation sites (N-methyl/N-ethyl adjacent to an activating group) is 1. The van der Waals surface area contributed by atoms with Crippen molar-refractivity contribution in [1.29, 1.82) is 0 Å². The van der Waals surface area contributed by atoms with E-state index in [1.54, 1.807) is 28.7 Å². The number of fused-ring (bicyclic) bond motifs is 3. The van der Waals surface area contributed by atoms with Crippen LogP contribution in [0.25, 0.3) is 0 Å². The average molecular weight is 506 g/mol. The molecular formula is C25H29ClFN3O5. The van der Waals surface area contributed by atoms with Gasteiger partial charge in [-0.25, -0.2) is 4.39 Å². The highest BCUT2D eigenvalue weighted by Gasteiger charge is 2.46. The molecule has 1 aromatic rings. The third-order valence-corrected chi connectivity index (χ3v) is 7.24. The fraction of sp³-hybridized carbons (Fsp3) is 0.480. The highest BCUT2D eigenvalue weighted by atomic mass is 35.5. The maximum Gasteiger partial charge on any atom is 0.274 e. The molecule has 188 valence electrons. The van der Waals surface area contributed by atoms with Crippen LogP contribution in [0.1, 0.15) is 59.5 Å². The number of halogens is 2. The van der Waals surface area contributed by atoms with Crippen molar-refractivity contribution in [2.24, 2.45) is 5.92 Å². The first kappa shape index (κ1) is 25.2. The van der Waals surface area contributed by atoms with Crippen LogP contribution in [0, 0.1) is 5.92 Å². The molecule has 1 aromatic heterocycles. The van der Waals surface area contributed by atoms with Crippen molar-refractivity contribution < 1.29 is 23.8 Å². The molecular weight excluding hydrogens is 477 g/mol. The molecule has 3 atom stereocenters. The lowest BCUT2D eigenvalue weighted by Crippen LogP contribution is -2.49. The number of allylic oxidation sites excluding steroid dienone is 5. The number of methoxy groups -OCH3 is 1. The Hall–Kier alpha value is -2.91. The van der Waals surface area contributed by atoms with Crippen molar-refractivity contribution >= 4 is 23.4 Å². The van der Waals surface area contributed by atoms with E-state index in [1.165, 1.54) is 12.3 Å². The molecule has 0 radical (unpaired) electrons. The Labute approximate surface area is 207 Å². The lowest BCUT2D eigenvalue weighted by Gasteiger charge is -2.39. The fourth-order valence-electron chi connectivity index (χ4n) is 5.33. The lowest BCUT2D eigenvalue weighted by molar-refractivity contribution is 0.0559. The predicted octanol–water partition coefficient (Wildman–Crippen LogP) is 3.42. The molecule has 10 heteroatoms. The number of nitrogens with one attached hydrogen (secondary N) is 1. The van der Waals surface area contributed by atoms with Crippen molar-refractivity contribution in [2.75, 3.05) is 26.8 Å². The van der Waals surface area contributed by atoms with E-state index in [0.29, 0.717) is 31.6 Å². The van der Waals surface area contributed by atoms with E-state index in [1.807, 2.05) is 6.92 Å². The number of ether oxygens (including phenoxy) is 1. The Bertz CT molecular complexity index is 1190. The Morgan fingerprint density at radius 3 is 2.77 bits per heavy atom. The summed E-state index contributed by atoms with van der Waals surface area (Å²) in [5.41, 5.74) is -0.891. The van der Waals surface area contributed by atoms with E-state index in [2.05, 4.69) is 5.32 Å². The third-order valence-electron chi connectivity index (χ3n) is 6.95. The Kier molecular flexibility index (Phi) is 7.47. The minimum absolute atomic E-state index is 0.00150. The van der Waals surface area contributed by atoms with E-state index >= 15 is 0 Å². The monoisotopic (exact) mass is 505 g/mol. The van der Waals surface area contributed by atoms with Crippen LogP contribution in [0.4, 0.5) is 4.39 Å². The first-order valence-corrected chi connectivity index (χ1v) is 12.1. The van der Waals surface area contributed by atoms with Gasteiger partial charge in [0.05, 0.1) is 17.1 Å². The number of pyridine rings is 1. The third kappa shape index (κ3) is 4.67. The normalized spacial score (nSPS) is 23.7. The Balaban J connectivity index is 1.59. The van der Waals surface area contributed by atoms with Gasteiger partial charge in [-0.15, -0.1) is 0 Å². The van der Waals surface area contributed by atoms with Crippen LogP contribution in [0.15, 0.2) is 45.7 Å². The Morgan fingerprint density at radius 2 is 2.06 bits per heavy atom. The van der Waals surface area contributed by atoms with Crippen LogP contribution in [-0.4, -0.2) is 59.2 Å². The number of carbonyl (C=O) groups is 2. The molecule has 0 aromatic carbocycles. The minimum Gasteiger partial charge on any atom is -0.503 e. The van der Waals surface area contributed by atoms with Gasteiger partial charge in [0.25, 0.3) is 11.8 Å². The van der Waals surface area contributed by atoms with Crippen LogP contribution in [0.5, 0.6) is 5.75 Å². The Morgan fingerprint density at radius 1 is 1.31 bits per heavy atom. The van der Waals surface area contributed by atoms with Gasteiger partial charge >= 0.3 is 0 Å². The van der Waals surface area contributed by atoms with Gasteiger partial charge in [-0.3, -0.25) is 14.4 Å². The van der Waals surface area contributed by atoms with E-state index in [4.69, 9.17) is 16.3 Å². The molecule has 0 spiro atoms. The van der Waals surface area contributed by atoms with Gasteiger partial charge in [-0.1, -0.05) is 23.8 Å². The molecule has 1 aliphatic heterocycles. The number of rotatable bonds is 7. The molecule has 8 nitrogen and oxygen atoms in total. The highest BCUT2D eigenvalue weighted by molar-refractivity contribution is 6.31. The van der Waals surface area contributed by atoms with Gasteiger partial charge < -0.3 is 24.6 Å². The number of amides is 2. The first-order valence-electron chi connectivity index (χ1n) is 11.8. The summed E-state index contributed by atoms with van der Waals surface area (Å²) >= 11 is 5.90. The van der Waals surface area contributed by atoms with Crippen molar-refractivity contribution in [3.8, 4) is 5.75 Å². The summed E-state index contributed by atoms with van der Waals surface area (Å²) in [6.07, 6.45) is 8.41. The van der Waals surface area contributed by atoms with Crippen LogP contribution in [-0.2, 0) is 4.74 Å². The largest absolute Gasteiger partial charge is 0.503 e.